The zero-order valence-corrected chi connectivity index (χ0v) is 15.5. The van der Waals surface area contributed by atoms with Crippen molar-refractivity contribution in [2.75, 3.05) is 33.5 Å². The Bertz CT molecular complexity index is 817. The molecular formula is C19H22N4OS. The van der Waals surface area contributed by atoms with Crippen LogP contribution in [0.2, 0.25) is 0 Å². The van der Waals surface area contributed by atoms with E-state index in [9.17, 15) is 0 Å². The smallest absolute Gasteiger partial charge is 0.196 e. The van der Waals surface area contributed by atoms with Crippen LogP contribution in [0.3, 0.4) is 0 Å². The minimum atomic E-state index is 0.788. The first-order valence-electron chi connectivity index (χ1n) is 8.12. The van der Waals surface area contributed by atoms with Crippen molar-refractivity contribution in [2.45, 2.75) is 5.16 Å². The van der Waals surface area contributed by atoms with Crippen molar-refractivity contribution in [1.29, 1.82) is 0 Å². The Morgan fingerprint density at radius 2 is 1.72 bits per heavy atom. The van der Waals surface area contributed by atoms with Gasteiger partial charge in [-0.05, 0) is 38.4 Å². The van der Waals surface area contributed by atoms with E-state index in [4.69, 9.17) is 4.74 Å². The summed E-state index contributed by atoms with van der Waals surface area (Å²) < 4.78 is 7.61. The maximum atomic E-state index is 5.52. The fourth-order valence-corrected chi connectivity index (χ4v) is 3.56. The lowest BCUT2D eigenvalue weighted by Crippen LogP contribution is -2.15. The predicted octanol–water partition coefficient (Wildman–Crippen LogP) is 3.60. The van der Waals surface area contributed by atoms with E-state index in [-0.39, 0.29) is 0 Å². The van der Waals surface area contributed by atoms with E-state index < -0.39 is 0 Å². The molecule has 0 unspecified atom stereocenters. The topological polar surface area (TPSA) is 43.2 Å². The zero-order valence-electron chi connectivity index (χ0n) is 14.7. The van der Waals surface area contributed by atoms with Gasteiger partial charge in [0.25, 0.3) is 0 Å². The molecule has 25 heavy (non-hydrogen) atoms. The van der Waals surface area contributed by atoms with Gasteiger partial charge in [-0.1, -0.05) is 42.1 Å². The number of methoxy groups -OCH3 is 1. The highest BCUT2D eigenvalue weighted by Gasteiger charge is 2.18. The second-order valence-corrected chi connectivity index (χ2v) is 6.89. The largest absolute Gasteiger partial charge is 0.496 e. The van der Waals surface area contributed by atoms with Crippen LogP contribution >= 0.6 is 11.8 Å². The number of aromatic nitrogens is 3. The van der Waals surface area contributed by atoms with E-state index in [1.54, 1.807) is 18.9 Å². The third-order valence-electron chi connectivity index (χ3n) is 3.77. The second-order valence-electron chi connectivity index (χ2n) is 5.83. The Kier molecular flexibility index (Phi) is 5.73. The summed E-state index contributed by atoms with van der Waals surface area (Å²) in [5.74, 6) is 2.53. The molecule has 5 nitrogen and oxygen atoms in total. The summed E-state index contributed by atoms with van der Waals surface area (Å²) in [6.07, 6.45) is 0. The number of hydrogen-bond acceptors (Lipinski definition) is 5. The average Bonchev–Trinajstić information content (AvgIpc) is 3.05. The van der Waals surface area contributed by atoms with Crippen LogP contribution in [0.1, 0.15) is 0 Å². The van der Waals surface area contributed by atoms with Gasteiger partial charge in [0.05, 0.1) is 12.7 Å². The lowest BCUT2D eigenvalue weighted by molar-refractivity contribution is 0.416. The Balaban J connectivity index is 2.05. The summed E-state index contributed by atoms with van der Waals surface area (Å²) in [6, 6.07) is 18.1. The number of rotatable bonds is 7. The molecule has 0 aliphatic carbocycles. The molecule has 2 aromatic carbocycles. The van der Waals surface area contributed by atoms with Gasteiger partial charge in [-0.15, -0.1) is 10.2 Å². The lowest BCUT2D eigenvalue weighted by atomic mass is 10.2. The first kappa shape index (κ1) is 17.5. The van der Waals surface area contributed by atoms with Crippen molar-refractivity contribution in [2.24, 2.45) is 0 Å². The number of para-hydroxylation sites is 2. The minimum absolute atomic E-state index is 0.788. The molecule has 0 amide bonds. The van der Waals surface area contributed by atoms with Gasteiger partial charge in [-0.2, -0.15) is 0 Å². The maximum Gasteiger partial charge on any atom is 0.196 e. The first-order valence-corrected chi connectivity index (χ1v) is 9.11. The van der Waals surface area contributed by atoms with Gasteiger partial charge >= 0.3 is 0 Å². The monoisotopic (exact) mass is 354 g/mol. The van der Waals surface area contributed by atoms with Crippen LogP contribution in [0.4, 0.5) is 0 Å². The molecule has 130 valence electrons. The minimum Gasteiger partial charge on any atom is -0.496 e. The summed E-state index contributed by atoms with van der Waals surface area (Å²) in [5.41, 5.74) is 1.97. The van der Waals surface area contributed by atoms with Gasteiger partial charge in [0.1, 0.15) is 5.75 Å². The fraction of sp³-hybridized carbons (Fsp3) is 0.263. The Hall–Kier alpha value is -2.31. The standard InChI is InChI=1S/C19H22N4OS/c1-22(2)13-14-25-19-21-20-18(16-11-7-8-12-17(16)24-3)23(19)15-9-5-4-6-10-15/h4-12H,13-14H2,1-3H3. The van der Waals surface area contributed by atoms with Gasteiger partial charge in [0, 0.05) is 18.0 Å². The number of thioether (sulfide) groups is 1. The fourth-order valence-electron chi connectivity index (χ4n) is 2.50. The summed E-state index contributed by atoms with van der Waals surface area (Å²) in [4.78, 5) is 2.16. The molecule has 0 aliphatic rings. The second kappa shape index (κ2) is 8.18. The number of ether oxygens (including phenoxy) is 1. The van der Waals surface area contributed by atoms with Crippen molar-refractivity contribution >= 4 is 11.8 Å². The van der Waals surface area contributed by atoms with E-state index in [2.05, 4.69) is 45.9 Å². The molecule has 0 fully saturated rings. The Morgan fingerprint density at radius 3 is 2.44 bits per heavy atom. The highest BCUT2D eigenvalue weighted by molar-refractivity contribution is 7.99. The molecule has 1 aromatic heterocycles. The molecule has 0 radical (unpaired) electrons. The Morgan fingerprint density at radius 1 is 1.00 bits per heavy atom. The van der Waals surface area contributed by atoms with E-state index in [0.29, 0.717) is 0 Å². The normalized spacial score (nSPS) is 11.0. The van der Waals surface area contributed by atoms with Crippen molar-refractivity contribution in [3.63, 3.8) is 0 Å². The summed E-state index contributed by atoms with van der Waals surface area (Å²) >= 11 is 1.71. The van der Waals surface area contributed by atoms with Crippen LogP contribution in [0, 0.1) is 0 Å². The van der Waals surface area contributed by atoms with Crippen LogP contribution in [-0.4, -0.2) is 53.2 Å². The number of nitrogens with zero attached hydrogens (tertiary/aromatic N) is 4. The third-order valence-corrected chi connectivity index (χ3v) is 4.67. The third kappa shape index (κ3) is 4.03. The van der Waals surface area contributed by atoms with Gasteiger partial charge in [-0.25, -0.2) is 0 Å². The molecule has 0 saturated carbocycles. The van der Waals surface area contributed by atoms with Gasteiger partial charge in [0.15, 0.2) is 11.0 Å². The van der Waals surface area contributed by atoms with Gasteiger partial charge in [0.2, 0.25) is 0 Å². The Labute approximate surface area is 152 Å². The van der Waals surface area contributed by atoms with E-state index in [1.807, 2.05) is 42.5 Å². The molecule has 1 heterocycles. The average molecular weight is 354 g/mol. The van der Waals surface area contributed by atoms with Gasteiger partial charge < -0.3 is 9.64 Å². The van der Waals surface area contributed by atoms with Gasteiger partial charge in [-0.3, -0.25) is 4.57 Å². The van der Waals surface area contributed by atoms with Crippen LogP contribution in [0.15, 0.2) is 59.8 Å². The van der Waals surface area contributed by atoms with Crippen molar-refractivity contribution in [3.8, 4) is 22.8 Å². The molecule has 0 aliphatic heterocycles. The molecular weight excluding hydrogens is 332 g/mol. The molecule has 6 heteroatoms. The molecule has 0 spiro atoms. The van der Waals surface area contributed by atoms with Crippen molar-refractivity contribution < 1.29 is 4.74 Å². The summed E-state index contributed by atoms with van der Waals surface area (Å²) in [5, 5.41) is 9.79. The SMILES string of the molecule is COc1ccccc1-c1nnc(SCCN(C)C)n1-c1ccccc1. The molecule has 0 N–H and O–H groups in total. The lowest BCUT2D eigenvalue weighted by Gasteiger charge is -2.13. The van der Waals surface area contributed by atoms with Crippen molar-refractivity contribution in [3.05, 3.63) is 54.6 Å². The van der Waals surface area contributed by atoms with Crippen molar-refractivity contribution in [1.82, 2.24) is 19.7 Å². The van der Waals surface area contributed by atoms with E-state index >= 15 is 0 Å². The molecule has 0 bridgehead atoms. The van der Waals surface area contributed by atoms with E-state index in [1.165, 1.54) is 0 Å². The summed E-state index contributed by atoms with van der Waals surface area (Å²) in [6.45, 7) is 0.982. The van der Waals surface area contributed by atoms with E-state index in [0.717, 1.165) is 40.3 Å². The first-order chi connectivity index (χ1) is 12.2. The zero-order chi connectivity index (χ0) is 17.6. The predicted molar refractivity (Wildman–Crippen MR) is 103 cm³/mol. The van der Waals surface area contributed by atoms with Crippen LogP contribution in [-0.2, 0) is 0 Å². The molecule has 0 saturated heterocycles. The maximum absolute atomic E-state index is 5.52. The highest BCUT2D eigenvalue weighted by Crippen LogP contribution is 2.33. The number of benzene rings is 2. The summed E-state index contributed by atoms with van der Waals surface area (Å²) in [7, 11) is 5.82. The molecule has 3 rings (SSSR count). The van der Waals surface area contributed by atoms with Crippen LogP contribution in [0.5, 0.6) is 5.75 Å². The quantitative estimate of drug-likeness (QED) is 0.607. The van der Waals surface area contributed by atoms with Crippen LogP contribution < -0.4 is 4.74 Å². The molecule has 3 aromatic rings. The van der Waals surface area contributed by atoms with Crippen LogP contribution in [0.25, 0.3) is 17.1 Å². The molecule has 0 atom stereocenters. The number of hydrogen-bond donors (Lipinski definition) is 0. The highest BCUT2D eigenvalue weighted by atomic mass is 32.2.